The summed E-state index contributed by atoms with van der Waals surface area (Å²) in [7, 11) is 1.46. The van der Waals surface area contributed by atoms with Gasteiger partial charge >= 0.3 is 0 Å². The minimum Gasteiger partial charge on any atom is -0.355 e. The number of benzene rings is 1. The van der Waals surface area contributed by atoms with Gasteiger partial charge in [0.1, 0.15) is 16.6 Å². The van der Waals surface area contributed by atoms with Gasteiger partial charge < -0.3 is 10.6 Å². The molecule has 0 aliphatic rings. The lowest BCUT2D eigenvalue weighted by Crippen LogP contribution is -2.20. The van der Waals surface area contributed by atoms with Gasteiger partial charge in [-0.15, -0.1) is 11.3 Å². The highest BCUT2D eigenvalue weighted by molar-refractivity contribution is 7.14. The van der Waals surface area contributed by atoms with Crippen molar-refractivity contribution in [1.29, 1.82) is 0 Å². The molecule has 0 atom stereocenters. The van der Waals surface area contributed by atoms with E-state index >= 15 is 0 Å². The molecule has 0 unspecified atom stereocenters. The third-order valence-electron chi connectivity index (χ3n) is 2.54. The van der Waals surface area contributed by atoms with Crippen LogP contribution in [0.2, 0.25) is 0 Å². The van der Waals surface area contributed by atoms with Crippen LogP contribution in [0.3, 0.4) is 0 Å². The fraction of sp³-hybridized carbons (Fsp3) is 0.0769. The summed E-state index contributed by atoms with van der Waals surface area (Å²) in [5, 5.41) is 6.80. The molecule has 1 heterocycles. The average Bonchev–Trinajstić information content (AvgIpc) is 2.85. The van der Waals surface area contributed by atoms with E-state index in [0.717, 1.165) is 23.5 Å². The lowest BCUT2D eigenvalue weighted by Gasteiger charge is -2.06. The number of anilines is 1. The van der Waals surface area contributed by atoms with Crippen molar-refractivity contribution in [3.05, 3.63) is 52.4 Å². The highest BCUT2D eigenvalue weighted by Gasteiger charge is 2.17. The number of carbonyl (C=O) groups excluding carboxylic acids is 2. The van der Waals surface area contributed by atoms with Crippen molar-refractivity contribution in [2.24, 2.45) is 0 Å². The van der Waals surface area contributed by atoms with Crippen LogP contribution < -0.4 is 10.6 Å². The van der Waals surface area contributed by atoms with Crippen molar-refractivity contribution >= 4 is 28.2 Å². The van der Waals surface area contributed by atoms with E-state index in [1.165, 1.54) is 7.05 Å². The standard InChI is InChI=1S/C13H10F2N2O2S/c1-16-11(18)9-4-5-20-13(9)17-12(19)8-3-2-7(14)6-10(8)15/h2-6H,1H3,(H,16,18)(H,17,19). The highest BCUT2D eigenvalue weighted by Crippen LogP contribution is 2.24. The van der Waals surface area contributed by atoms with E-state index in [4.69, 9.17) is 0 Å². The Labute approximate surface area is 117 Å². The second-order valence-electron chi connectivity index (χ2n) is 3.82. The Morgan fingerprint density at radius 3 is 2.50 bits per heavy atom. The smallest absolute Gasteiger partial charge is 0.259 e. The van der Waals surface area contributed by atoms with Crippen molar-refractivity contribution in [2.75, 3.05) is 12.4 Å². The van der Waals surface area contributed by atoms with E-state index in [1.807, 2.05) is 0 Å². The molecular weight excluding hydrogens is 286 g/mol. The normalized spacial score (nSPS) is 10.2. The number of hydrogen-bond acceptors (Lipinski definition) is 3. The van der Waals surface area contributed by atoms with Crippen LogP contribution in [0.5, 0.6) is 0 Å². The molecule has 0 aliphatic carbocycles. The molecule has 1 aromatic heterocycles. The number of rotatable bonds is 3. The molecule has 7 heteroatoms. The van der Waals surface area contributed by atoms with Crippen molar-refractivity contribution in [1.82, 2.24) is 5.32 Å². The summed E-state index contributed by atoms with van der Waals surface area (Å²) < 4.78 is 26.3. The molecule has 1 aromatic carbocycles. The quantitative estimate of drug-likeness (QED) is 0.914. The molecule has 2 amide bonds. The average molecular weight is 296 g/mol. The molecule has 0 spiro atoms. The maximum Gasteiger partial charge on any atom is 0.259 e. The van der Waals surface area contributed by atoms with E-state index in [2.05, 4.69) is 10.6 Å². The maximum atomic E-state index is 13.5. The predicted molar refractivity (Wildman–Crippen MR) is 72.0 cm³/mol. The zero-order chi connectivity index (χ0) is 14.7. The van der Waals surface area contributed by atoms with E-state index in [1.54, 1.807) is 11.4 Å². The first-order valence-corrected chi connectivity index (χ1v) is 6.47. The van der Waals surface area contributed by atoms with Crippen molar-refractivity contribution < 1.29 is 18.4 Å². The van der Waals surface area contributed by atoms with E-state index in [9.17, 15) is 18.4 Å². The van der Waals surface area contributed by atoms with Crippen molar-refractivity contribution in [3.8, 4) is 0 Å². The van der Waals surface area contributed by atoms with E-state index in [-0.39, 0.29) is 17.0 Å². The molecule has 0 saturated carbocycles. The number of hydrogen-bond donors (Lipinski definition) is 2. The van der Waals surface area contributed by atoms with Gasteiger partial charge in [-0.2, -0.15) is 0 Å². The molecule has 0 fully saturated rings. The number of amides is 2. The Balaban J connectivity index is 2.24. The maximum absolute atomic E-state index is 13.5. The Bertz CT molecular complexity index is 670. The van der Waals surface area contributed by atoms with Gasteiger partial charge in [0.25, 0.3) is 11.8 Å². The summed E-state index contributed by atoms with van der Waals surface area (Å²) in [6.07, 6.45) is 0. The van der Waals surface area contributed by atoms with Gasteiger partial charge in [-0.3, -0.25) is 9.59 Å². The molecule has 0 radical (unpaired) electrons. The van der Waals surface area contributed by atoms with Gasteiger partial charge in [0, 0.05) is 13.1 Å². The summed E-state index contributed by atoms with van der Waals surface area (Å²) >= 11 is 1.14. The van der Waals surface area contributed by atoms with Gasteiger partial charge in [0.15, 0.2) is 0 Å². The van der Waals surface area contributed by atoms with Gasteiger partial charge in [-0.1, -0.05) is 0 Å². The lowest BCUT2D eigenvalue weighted by atomic mass is 10.2. The topological polar surface area (TPSA) is 58.2 Å². The molecule has 0 aliphatic heterocycles. The van der Waals surface area contributed by atoms with Crippen LogP contribution in [0.15, 0.2) is 29.6 Å². The molecule has 2 aromatic rings. The summed E-state index contributed by atoms with van der Waals surface area (Å²) in [4.78, 5) is 23.5. The number of carbonyl (C=O) groups is 2. The summed E-state index contributed by atoms with van der Waals surface area (Å²) in [5.74, 6) is -2.82. The van der Waals surface area contributed by atoms with Crippen LogP contribution >= 0.6 is 11.3 Å². The molecule has 104 valence electrons. The molecule has 0 bridgehead atoms. The van der Waals surface area contributed by atoms with Crippen LogP contribution in [-0.4, -0.2) is 18.9 Å². The molecule has 20 heavy (non-hydrogen) atoms. The Hall–Kier alpha value is -2.28. The molecule has 2 N–H and O–H groups in total. The predicted octanol–water partition coefficient (Wildman–Crippen LogP) is 2.64. The van der Waals surface area contributed by atoms with Crippen LogP contribution in [0, 0.1) is 11.6 Å². The van der Waals surface area contributed by atoms with Crippen molar-refractivity contribution in [3.63, 3.8) is 0 Å². The molecule has 2 rings (SSSR count). The summed E-state index contributed by atoms with van der Waals surface area (Å²) in [6, 6.07) is 4.21. The number of thiophene rings is 1. The van der Waals surface area contributed by atoms with Gasteiger partial charge in [-0.25, -0.2) is 8.78 Å². The van der Waals surface area contributed by atoms with Gasteiger partial charge in [0.2, 0.25) is 0 Å². The third-order valence-corrected chi connectivity index (χ3v) is 3.37. The minimum atomic E-state index is -0.958. The highest BCUT2D eigenvalue weighted by atomic mass is 32.1. The summed E-state index contributed by atoms with van der Waals surface area (Å²) in [5.41, 5.74) is -0.00368. The third kappa shape index (κ3) is 2.83. The Kier molecular flexibility index (Phi) is 4.09. The monoisotopic (exact) mass is 296 g/mol. The molecule has 0 saturated heterocycles. The first-order valence-electron chi connectivity index (χ1n) is 5.59. The fourth-order valence-corrected chi connectivity index (χ4v) is 2.34. The second-order valence-corrected chi connectivity index (χ2v) is 4.74. The van der Waals surface area contributed by atoms with Crippen LogP contribution in [0.4, 0.5) is 13.8 Å². The van der Waals surface area contributed by atoms with Gasteiger partial charge in [-0.05, 0) is 23.6 Å². The molecule has 4 nitrogen and oxygen atoms in total. The Morgan fingerprint density at radius 1 is 1.10 bits per heavy atom. The first-order chi connectivity index (χ1) is 9.52. The lowest BCUT2D eigenvalue weighted by molar-refractivity contribution is 0.0964. The molecular formula is C13H10F2N2O2S. The number of halogens is 2. The van der Waals surface area contributed by atoms with Crippen LogP contribution in [-0.2, 0) is 0 Å². The second kappa shape index (κ2) is 5.79. The van der Waals surface area contributed by atoms with E-state index < -0.39 is 17.5 Å². The van der Waals surface area contributed by atoms with E-state index in [0.29, 0.717) is 11.1 Å². The van der Waals surface area contributed by atoms with Crippen LogP contribution in [0.1, 0.15) is 20.7 Å². The summed E-state index contributed by atoms with van der Waals surface area (Å²) in [6.45, 7) is 0. The zero-order valence-electron chi connectivity index (χ0n) is 10.4. The largest absolute Gasteiger partial charge is 0.355 e. The SMILES string of the molecule is CNC(=O)c1ccsc1NC(=O)c1ccc(F)cc1F. The first kappa shape index (κ1) is 14.1. The van der Waals surface area contributed by atoms with Gasteiger partial charge in [0.05, 0.1) is 11.1 Å². The minimum absolute atomic E-state index is 0.286. The number of nitrogens with one attached hydrogen (secondary N) is 2. The Morgan fingerprint density at radius 2 is 1.85 bits per heavy atom. The zero-order valence-corrected chi connectivity index (χ0v) is 11.2. The fourth-order valence-electron chi connectivity index (χ4n) is 1.56. The van der Waals surface area contributed by atoms with Crippen LogP contribution in [0.25, 0.3) is 0 Å². The van der Waals surface area contributed by atoms with Crippen molar-refractivity contribution in [2.45, 2.75) is 0 Å².